The van der Waals surface area contributed by atoms with Crippen molar-refractivity contribution in [3.8, 4) is 0 Å². The van der Waals surface area contributed by atoms with Gasteiger partial charge in [0.1, 0.15) is 10.7 Å². The number of esters is 1. The topological polar surface area (TPSA) is 106 Å². The Hall–Kier alpha value is -3.08. The highest BCUT2D eigenvalue weighted by atomic mass is 32.2. The highest BCUT2D eigenvalue weighted by molar-refractivity contribution is 7.89. The molecule has 2 heterocycles. The number of rotatable bonds is 6. The number of aromatic amines is 1. The molecule has 0 saturated carbocycles. The molecule has 0 radical (unpaired) electrons. The lowest BCUT2D eigenvalue weighted by molar-refractivity contribution is 0.0474. The summed E-state index contributed by atoms with van der Waals surface area (Å²) in [7, 11) is -4.15. The van der Waals surface area contributed by atoms with Crippen LogP contribution in [0.4, 0.5) is 4.39 Å². The van der Waals surface area contributed by atoms with E-state index in [1.165, 1.54) is 0 Å². The maximum absolute atomic E-state index is 14.3. The summed E-state index contributed by atoms with van der Waals surface area (Å²) in [4.78, 5) is 27.7. The number of ether oxygens (including phenoxy) is 2. The predicted molar refractivity (Wildman–Crippen MR) is 114 cm³/mol. The van der Waals surface area contributed by atoms with Crippen LogP contribution in [0.3, 0.4) is 0 Å². The fraction of sp³-hybridized carbons (Fsp3) is 0.273. The van der Waals surface area contributed by atoms with E-state index >= 15 is 0 Å². The maximum atomic E-state index is 14.3. The lowest BCUT2D eigenvalue weighted by Crippen LogP contribution is -2.41. The molecule has 0 aliphatic carbocycles. The maximum Gasteiger partial charge on any atom is 0.338 e. The van der Waals surface area contributed by atoms with Crippen LogP contribution in [0, 0.1) is 12.7 Å². The molecule has 0 bridgehead atoms. The zero-order chi connectivity index (χ0) is 22.9. The van der Waals surface area contributed by atoms with Crippen molar-refractivity contribution in [1.82, 2.24) is 9.29 Å². The molecule has 1 fully saturated rings. The number of para-hydroxylation sites is 1. The molecule has 0 atom stereocenters. The van der Waals surface area contributed by atoms with Crippen LogP contribution in [0.1, 0.15) is 26.4 Å². The van der Waals surface area contributed by atoms with E-state index in [4.69, 9.17) is 9.47 Å². The Morgan fingerprint density at radius 2 is 1.88 bits per heavy atom. The number of Topliss-reactive ketones (excluding diaryl/α,β-unsaturated/α-hetero) is 1. The highest BCUT2D eigenvalue weighted by Gasteiger charge is 2.30. The van der Waals surface area contributed by atoms with Gasteiger partial charge in [0.15, 0.2) is 6.61 Å². The molecule has 1 aliphatic rings. The van der Waals surface area contributed by atoms with Gasteiger partial charge in [-0.25, -0.2) is 17.6 Å². The molecular weight excluding hydrogens is 439 g/mol. The number of hydrogen-bond acceptors (Lipinski definition) is 6. The lowest BCUT2D eigenvalue weighted by Gasteiger charge is -2.26. The molecule has 4 rings (SSSR count). The monoisotopic (exact) mass is 460 g/mol. The second-order valence-electron chi connectivity index (χ2n) is 7.33. The number of aryl methyl sites for hydroxylation is 1. The minimum absolute atomic E-state index is 0.0922. The fourth-order valence-electron chi connectivity index (χ4n) is 3.68. The van der Waals surface area contributed by atoms with Gasteiger partial charge in [-0.1, -0.05) is 18.2 Å². The van der Waals surface area contributed by atoms with Crippen molar-refractivity contribution in [3.05, 3.63) is 65.1 Å². The summed E-state index contributed by atoms with van der Waals surface area (Å²) in [5.74, 6) is -2.30. The van der Waals surface area contributed by atoms with Crippen molar-refractivity contribution in [2.75, 3.05) is 32.9 Å². The van der Waals surface area contributed by atoms with E-state index in [2.05, 4.69) is 4.98 Å². The summed E-state index contributed by atoms with van der Waals surface area (Å²) in [5.41, 5.74) is 1.69. The number of hydrogen-bond donors (Lipinski definition) is 1. The molecule has 0 spiro atoms. The van der Waals surface area contributed by atoms with Gasteiger partial charge in [0.05, 0.1) is 18.8 Å². The zero-order valence-electron chi connectivity index (χ0n) is 17.3. The van der Waals surface area contributed by atoms with Gasteiger partial charge in [-0.2, -0.15) is 4.31 Å². The van der Waals surface area contributed by atoms with Gasteiger partial charge in [0.25, 0.3) is 0 Å². The van der Waals surface area contributed by atoms with Crippen LogP contribution in [0.15, 0.2) is 47.4 Å². The van der Waals surface area contributed by atoms with Gasteiger partial charge in [-0.3, -0.25) is 4.79 Å². The number of morpholine rings is 1. The third-order valence-electron chi connectivity index (χ3n) is 5.26. The van der Waals surface area contributed by atoms with Gasteiger partial charge in [-0.15, -0.1) is 0 Å². The summed E-state index contributed by atoms with van der Waals surface area (Å²) in [6.07, 6.45) is 0. The van der Waals surface area contributed by atoms with E-state index in [1.54, 1.807) is 19.1 Å². The van der Waals surface area contributed by atoms with Crippen molar-refractivity contribution < 1.29 is 31.9 Å². The fourth-order valence-corrected chi connectivity index (χ4v) is 5.17. The van der Waals surface area contributed by atoms with Crippen LogP contribution in [-0.4, -0.2) is 62.4 Å². The smallest absolute Gasteiger partial charge is 0.338 e. The second-order valence-corrected chi connectivity index (χ2v) is 9.24. The van der Waals surface area contributed by atoms with Gasteiger partial charge in [0.2, 0.25) is 15.8 Å². The Balaban J connectivity index is 1.52. The first-order chi connectivity index (χ1) is 15.3. The molecule has 10 heteroatoms. The van der Waals surface area contributed by atoms with Gasteiger partial charge in [-0.05, 0) is 31.2 Å². The van der Waals surface area contributed by atoms with E-state index in [0.29, 0.717) is 16.6 Å². The van der Waals surface area contributed by atoms with Crippen LogP contribution < -0.4 is 0 Å². The minimum Gasteiger partial charge on any atom is -0.454 e. The van der Waals surface area contributed by atoms with E-state index < -0.39 is 39.1 Å². The zero-order valence-corrected chi connectivity index (χ0v) is 18.1. The number of H-pyrrole nitrogens is 1. The molecule has 1 N–H and O–H groups in total. The van der Waals surface area contributed by atoms with Gasteiger partial charge in [0, 0.05) is 35.2 Å². The third kappa shape index (κ3) is 4.16. The average Bonchev–Trinajstić information content (AvgIpc) is 3.13. The van der Waals surface area contributed by atoms with Crippen LogP contribution in [0.25, 0.3) is 10.9 Å². The van der Waals surface area contributed by atoms with Crippen molar-refractivity contribution >= 4 is 32.7 Å². The molecule has 0 unspecified atom stereocenters. The summed E-state index contributed by atoms with van der Waals surface area (Å²) < 4.78 is 51.3. The van der Waals surface area contributed by atoms with Crippen molar-refractivity contribution in [1.29, 1.82) is 0 Å². The molecule has 3 aromatic rings. The summed E-state index contributed by atoms with van der Waals surface area (Å²) >= 11 is 0. The Kier molecular flexibility index (Phi) is 6.09. The van der Waals surface area contributed by atoms with Gasteiger partial charge < -0.3 is 14.5 Å². The van der Waals surface area contributed by atoms with Crippen LogP contribution in [0.5, 0.6) is 0 Å². The number of nitrogens with zero attached hydrogens (tertiary/aromatic N) is 1. The Morgan fingerprint density at radius 3 is 2.62 bits per heavy atom. The van der Waals surface area contributed by atoms with E-state index in [9.17, 15) is 22.4 Å². The van der Waals surface area contributed by atoms with Gasteiger partial charge >= 0.3 is 5.97 Å². The molecule has 32 heavy (non-hydrogen) atoms. The van der Waals surface area contributed by atoms with Crippen LogP contribution in [-0.2, 0) is 19.5 Å². The first kappa shape index (κ1) is 22.1. The quantitative estimate of drug-likeness (QED) is 0.448. The Morgan fingerprint density at radius 1 is 1.16 bits per heavy atom. The van der Waals surface area contributed by atoms with Crippen molar-refractivity contribution in [3.63, 3.8) is 0 Å². The van der Waals surface area contributed by atoms with Crippen LogP contribution in [0.2, 0.25) is 0 Å². The number of aromatic nitrogens is 1. The van der Waals surface area contributed by atoms with E-state index in [1.807, 2.05) is 12.1 Å². The third-order valence-corrected chi connectivity index (χ3v) is 7.18. The summed E-state index contributed by atoms with van der Waals surface area (Å²) in [6.45, 7) is 1.81. The molecule has 168 valence electrons. The van der Waals surface area contributed by atoms with Crippen molar-refractivity contribution in [2.45, 2.75) is 11.8 Å². The largest absolute Gasteiger partial charge is 0.454 e. The van der Waals surface area contributed by atoms with Crippen LogP contribution >= 0.6 is 0 Å². The number of halogens is 1. The normalized spacial score (nSPS) is 15.1. The molecular formula is C22H21FN2O6S. The first-order valence-corrected chi connectivity index (χ1v) is 11.4. The number of benzene rings is 2. The molecule has 8 nitrogen and oxygen atoms in total. The minimum atomic E-state index is -4.15. The standard InChI is InChI=1S/C22H21FN2O6S/c1-14-21(16-4-2-3-5-18(16)24-14)19(26)13-31-22(27)15-6-7-17(23)20(12-15)32(28,29)25-8-10-30-11-9-25/h2-7,12,24H,8-11,13H2,1H3. The molecule has 1 aromatic heterocycles. The number of carbonyl (C=O) groups is 2. The second kappa shape index (κ2) is 8.81. The van der Waals surface area contributed by atoms with E-state index in [-0.39, 0.29) is 31.9 Å². The first-order valence-electron chi connectivity index (χ1n) is 9.94. The number of fused-ring (bicyclic) bond motifs is 1. The summed E-state index contributed by atoms with van der Waals surface area (Å²) in [6, 6.07) is 10.2. The molecule has 0 amide bonds. The number of carbonyl (C=O) groups excluding carboxylic acids is 2. The molecule has 1 aliphatic heterocycles. The molecule has 2 aromatic carbocycles. The SMILES string of the molecule is Cc1[nH]c2ccccc2c1C(=O)COC(=O)c1ccc(F)c(S(=O)(=O)N2CCOCC2)c1. The van der Waals surface area contributed by atoms with E-state index in [0.717, 1.165) is 28.0 Å². The molecule has 1 saturated heterocycles. The summed E-state index contributed by atoms with van der Waals surface area (Å²) in [5, 5.41) is 0.715. The number of ketones is 1. The number of nitrogens with one attached hydrogen (secondary N) is 1. The average molecular weight is 460 g/mol. The lowest BCUT2D eigenvalue weighted by atomic mass is 10.1. The Labute approximate surface area is 184 Å². The predicted octanol–water partition coefficient (Wildman–Crippen LogP) is 2.68. The van der Waals surface area contributed by atoms with Crippen molar-refractivity contribution in [2.24, 2.45) is 0 Å². The Bertz CT molecular complexity index is 1290. The highest BCUT2D eigenvalue weighted by Crippen LogP contribution is 2.24. The number of sulfonamides is 1.